The summed E-state index contributed by atoms with van der Waals surface area (Å²) in [5.41, 5.74) is -1.48. The highest BCUT2D eigenvalue weighted by atomic mass is 16.6. The molecule has 2 aliphatic heterocycles. The van der Waals surface area contributed by atoms with Crippen LogP contribution in [0.25, 0.3) is 11.4 Å². The van der Waals surface area contributed by atoms with Crippen molar-refractivity contribution >= 4 is 23.9 Å². The topological polar surface area (TPSA) is 182 Å². The number of alkyl carbamates (subject to hydrolysis) is 1. The minimum absolute atomic E-state index is 0.0684. The van der Waals surface area contributed by atoms with Crippen LogP contribution in [0.3, 0.4) is 0 Å². The standard InChI is InChI=1S/C29H38N8O6/c1-28(2,3)43-27(42)31-21-10-8-6-4-5-7-9-19-16-29(19,26(40)41)32-24(38)22-15-20(17-36(22)25(21)39)37-34-23(33-35-37)18-11-13-30-14-12-18/h7,9,11-14,19-22H,4-6,8,10,15-17H2,1-3H3,(H,31,42)(H,32,38)(H,40,41)/b9-7-/t19-,20+,21-,22+,29+/m1/s1. The van der Waals surface area contributed by atoms with E-state index >= 15 is 0 Å². The molecule has 1 aliphatic carbocycles. The summed E-state index contributed by atoms with van der Waals surface area (Å²) in [6.07, 6.45) is 10.1. The van der Waals surface area contributed by atoms with E-state index in [0.717, 1.165) is 19.3 Å². The molecule has 2 aromatic heterocycles. The lowest BCUT2D eigenvalue weighted by atomic mass is 10.0. The van der Waals surface area contributed by atoms with Gasteiger partial charge in [0.05, 0.1) is 6.04 Å². The minimum Gasteiger partial charge on any atom is -0.479 e. The summed E-state index contributed by atoms with van der Waals surface area (Å²) >= 11 is 0. The summed E-state index contributed by atoms with van der Waals surface area (Å²) in [6, 6.07) is 1.02. The molecule has 230 valence electrons. The Morgan fingerprint density at radius 2 is 1.93 bits per heavy atom. The lowest BCUT2D eigenvalue weighted by Gasteiger charge is -2.30. The number of fused-ring (bicyclic) bond motifs is 2. The first kappa shape index (κ1) is 30.1. The zero-order valence-corrected chi connectivity index (χ0v) is 24.6. The Morgan fingerprint density at radius 3 is 2.65 bits per heavy atom. The highest BCUT2D eigenvalue weighted by Crippen LogP contribution is 2.45. The first-order valence-corrected chi connectivity index (χ1v) is 14.7. The molecule has 0 unspecified atom stereocenters. The van der Waals surface area contributed by atoms with Crippen LogP contribution in [0, 0.1) is 5.92 Å². The van der Waals surface area contributed by atoms with E-state index < -0.39 is 53.1 Å². The van der Waals surface area contributed by atoms with Crippen LogP contribution in [0.2, 0.25) is 0 Å². The predicted molar refractivity (Wildman–Crippen MR) is 152 cm³/mol. The zero-order chi connectivity index (χ0) is 30.8. The van der Waals surface area contributed by atoms with Crippen LogP contribution in [0.15, 0.2) is 36.7 Å². The van der Waals surface area contributed by atoms with Crippen LogP contribution in [0.4, 0.5) is 4.79 Å². The molecule has 4 heterocycles. The molecule has 1 saturated heterocycles. The fraction of sp³-hybridized carbons (Fsp3) is 0.586. The van der Waals surface area contributed by atoms with Crippen LogP contribution in [0.1, 0.15) is 71.8 Å². The number of ether oxygens (including phenoxy) is 1. The van der Waals surface area contributed by atoms with Crippen molar-refractivity contribution in [3.63, 3.8) is 0 Å². The lowest BCUT2D eigenvalue weighted by molar-refractivity contribution is -0.145. The highest BCUT2D eigenvalue weighted by Gasteiger charge is 2.61. The van der Waals surface area contributed by atoms with Crippen LogP contribution in [-0.4, -0.2) is 88.8 Å². The lowest BCUT2D eigenvalue weighted by Crippen LogP contribution is -2.56. The molecule has 3 aliphatic rings. The van der Waals surface area contributed by atoms with Crippen LogP contribution in [-0.2, 0) is 19.1 Å². The second-order valence-corrected chi connectivity index (χ2v) is 12.4. The van der Waals surface area contributed by atoms with E-state index in [0.29, 0.717) is 24.2 Å². The number of carboxylic acid groups (broad SMARTS) is 1. The number of aromatic nitrogens is 5. The number of allylic oxidation sites excluding steroid dienone is 1. The molecule has 14 nitrogen and oxygen atoms in total. The average Bonchev–Trinajstić information content (AvgIpc) is 3.28. The third kappa shape index (κ3) is 6.83. The number of carbonyl (C=O) groups is 4. The number of nitrogens with one attached hydrogen (secondary N) is 2. The molecule has 3 N–H and O–H groups in total. The smallest absolute Gasteiger partial charge is 0.408 e. The van der Waals surface area contributed by atoms with E-state index in [2.05, 4.69) is 31.0 Å². The van der Waals surface area contributed by atoms with E-state index in [-0.39, 0.29) is 25.3 Å². The Kier molecular flexibility index (Phi) is 8.47. The fourth-order valence-corrected chi connectivity index (χ4v) is 5.69. The van der Waals surface area contributed by atoms with E-state index in [1.165, 1.54) is 9.70 Å². The number of hydrogen-bond donors (Lipinski definition) is 3. The SMILES string of the molecule is CC(C)(C)OC(=O)N[C@@H]1CCCCC/C=C\[C@@H]2C[C@]2(C(=O)O)NC(=O)[C@@H]2C[C@H](n3nnc(-c4ccncc4)n3)CN2C1=O. The molecule has 0 spiro atoms. The van der Waals surface area contributed by atoms with E-state index in [4.69, 9.17) is 4.74 Å². The number of pyridine rings is 1. The van der Waals surface area contributed by atoms with Crippen molar-refractivity contribution < 1.29 is 29.0 Å². The maximum absolute atomic E-state index is 14.1. The number of hydrogen-bond acceptors (Lipinski definition) is 9. The van der Waals surface area contributed by atoms with Gasteiger partial charge in [0.2, 0.25) is 17.6 Å². The van der Waals surface area contributed by atoms with E-state index in [1.807, 2.05) is 12.2 Å². The molecule has 43 heavy (non-hydrogen) atoms. The summed E-state index contributed by atoms with van der Waals surface area (Å²) in [5.74, 6) is -2.11. The van der Waals surface area contributed by atoms with Gasteiger partial charge in [0, 0.05) is 36.8 Å². The van der Waals surface area contributed by atoms with Gasteiger partial charge in [-0.3, -0.25) is 14.6 Å². The highest BCUT2D eigenvalue weighted by molar-refractivity contribution is 5.96. The van der Waals surface area contributed by atoms with Gasteiger partial charge in [-0.25, -0.2) is 9.59 Å². The van der Waals surface area contributed by atoms with Crippen molar-refractivity contribution in [1.82, 2.24) is 40.7 Å². The molecule has 2 fully saturated rings. The van der Waals surface area contributed by atoms with Gasteiger partial charge in [-0.05, 0) is 63.8 Å². The number of amides is 3. The van der Waals surface area contributed by atoms with Crippen molar-refractivity contribution in [2.24, 2.45) is 5.92 Å². The first-order chi connectivity index (χ1) is 20.5. The fourth-order valence-electron chi connectivity index (χ4n) is 5.69. The second-order valence-electron chi connectivity index (χ2n) is 12.4. The molecule has 2 aromatic rings. The third-order valence-corrected chi connectivity index (χ3v) is 8.02. The quantitative estimate of drug-likeness (QED) is 0.444. The second kappa shape index (κ2) is 12.1. The molecule has 0 aromatic carbocycles. The Hall–Kier alpha value is -4.36. The number of carboxylic acids is 1. The number of nitrogens with zero attached hydrogens (tertiary/aromatic N) is 6. The molecule has 1 saturated carbocycles. The summed E-state index contributed by atoms with van der Waals surface area (Å²) in [4.78, 5) is 59.7. The van der Waals surface area contributed by atoms with Gasteiger partial charge in [0.25, 0.3) is 0 Å². The summed E-state index contributed by atoms with van der Waals surface area (Å²) in [7, 11) is 0. The molecule has 0 bridgehead atoms. The average molecular weight is 595 g/mol. The van der Waals surface area contributed by atoms with Gasteiger partial charge >= 0.3 is 12.1 Å². The van der Waals surface area contributed by atoms with E-state index in [9.17, 15) is 24.3 Å². The molecular weight excluding hydrogens is 556 g/mol. The van der Waals surface area contributed by atoms with Gasteiger partial charge in [-0.1, -0.05) is 25.0 Å². The first-order valence-electron chi connectivity index (χ1n) is 14.7. The Morgan fingerprint density at radius 1 is 1.16 bits per heavy atom. The maximum atomic E-state index is 14.1. The van der Waals surface area contributed by atoms with E-state index in [1.54, 1.807) is 45.3 Å². The van der Waals surface area contributed by atoms with Gasteiger partial charge in [-0.2, -0.15) is 4.80 Å². The molecule has 5 rings (SSSR count). The predicted octanol–water partition coefficient (Wildman–Crippen LogP) is 2.25. The summed E-state index contributed by atoms with van der Waals surface area (Å²) in [5, 5.41) is 28.4. The maximum Gasteiger partial charge on any atom is 0.408 e. The normalized spacial score (nSPS) is 28.9. The number of carbonyl (C=O) groups excluding carboxylic acids is 3. The summed E-state index contributed by atoms with van der Waals surface area (Å²) in [6.45, 7) is 5.27. The molecule has 14 heteroatoms. The minimum atomic E-state index is -1.42. The third-order valence-electron chi connectivity index (χ3n) is 8.02. The van der Waals surface area contributed by atoms with Gasteiger partial charge in [-0.15, -0.1) is 10.2 Å². The van der Waals surface area contributed by atoms with Gasteiger partial charge in [0.1, 0.15) is 23.2 Å². The Labute approximate surface area is 249 Å². The van der Waals surface area contributed by atoms with Crippen molar-refractivity contribution in [3.05, 3.63) is 36.7 Å². The van der Waals surface area contributed by atoms with Gasteiger partial charge < -0.3 is 25.4 Å². The number of aliphatic carboxylic acids is 1. The van der Waals surface area contributed by atoms with Crippen molar-refractivity contribution in [2.75, 3.05) is 6.54 Å². The largest absolute Gasteiger partial charge is 0.479 e. The van der Waals surface area contributed by atoms with Crippen molar-refractivity contribution in [3.8, 4) is 11.4 Å². The Balaban J connectivity index is 1.44. The Bertz CT molecular complexity index is 1390. The molecule has 3 amide bonds. The van der Waals surface area contributed by atoms with Crippen LogP contribution < -0.4 is 10.6 Å². The zero-order valence-electron chi connectivity index (χ0n) is 24.6. The molecular formula is C29H38N8O6. The molecule has 0 radical (unpaired) electrons. The number of rotatable bonds is 4. The van der Waals surface area contributed by atoms with Gasteiger partial charge in [0.15, 0.2) is 0 Å². The van der Waals surface area contributed by atoms with Crippen molar-refractivity contribution in [1.29, 1.82) is 0 Å². The monoisotopic (exact) mass is 594 g/mol. The molecule has 5 atom stereocenters. The number of tetrazole rings is 1. The van der Waals surface area contributed by atoms with Crippen molar-refractivity contribution in [2.45, 2.75) is 95.0 Å². The van der Waals surface area contributed by atoms with Crippen LogP contribution >= 0.6 is 0 Å². The summed E-state index contributed by atoms with van der Waals surface area (Å²) < 4.78 is 5.43. The van der Waals surface area contributed by atoms with Crippen LogP contribution in [0.5, 0.6) is 0 Å².